The molecular weight excluding hydrogens is 846 g/mol. The van der Waals surface area contributed by atoms with Crippen molar-refractivity contribution >= 4 is 35.1 Å². The number of benzene rings is 5. The molecule has 5 aromatic carbocycles. The summed E-state index contributed by atoms with van der Waals surface area (Å²) in [6.45, 7) is 0.489. The molecule has 0 amide bonds. The second-order valence-electron chi connectivity index (χ2n) is 12.3. The summed E-state index contributed by atoms with van der Waals surface area (Å²) in [4.78, 5) is 0. The lowest BCUT2D eigenvalue weighted by Crippen LogP contribution is -2.70. The van der Waals surface area contributed by atoms with Gasteiger partial charge in [-0.15, -0.1) is 0 Å². The molecule has 6 rings (SSSR count). The first kappa shape index (κ1) is 41.8. The zero-order chi connectivity index (χ0) is 42.5. The minimum atomic E-state index is -6.74. The van der Waals surface area contributed by atoms with Gasteiger partial charge in [-0.1, -0.05) is 48.2 Å². The van der Waals surface area contributed by atoms with E-state index < -0.39 is 175 Å². The van der Waals surface area contributed by atoms with E-state index in [1.807, 2.05) is 0 Å². The van der Waals surface area contributed by atoms with E-state index in [4.69, 9.17) is 4.65 Å². The Morgan fingerprint density at radius 3 is 0.947 bits per heavy atom. The van der Waals surface area contributed by atoms with Crippen LogP contribution < -0.4 is 21.5 Å². The number of hydrogen-bond donors (Lipinski definition) is 0. The topological polar surface area (TPSA) is 9.23 Å². The van der Waals surface area contributed by atoms with Crippen LogP contribution in [0.25, 0.3) is 0 Å². The lowest BCUT2D eigenvalue weighted by molar-refractivity contribution is 0.292. The maximum atomic E-state index is 16.4. The Labute approximate surface area is 304 Å². The van der Waals surface area contributed by atoms with Gasteiger partial charge < -0.3 is 4.65 Å². The Hall–Kier alpha value is -4.85. The molecule has 0 bridgehead atoms. The van der Waals surface area contributed by atoms with E-state index in [1.165, 1.54) is 0 Å². The third-order valence-electron chi connectivity index (χ3n) is 9.74. The van der Waals surface area contributed by atoms with Crippen LogP contribution in [-0.4, -0.2) is 11.9 Å². The molecule has 1 fully saturated rings. The Morgan fingerprint density at radius 1 is 0.404 bits per heavy atom. The molecule has 5 aromatic rings. The lowest BCUT2D eigenvalue weighted by Gasteiger charge is -2.43. The predicted octanol–water partition coefficient (Wildman–Crippen LogP) is 9.24. The number of rotatable bonds is 6. The Bertz CT molecular complexity index is 2280. The fourth-order valence-electron chi connectivity index (χ4n) is 7.62. The van der Waals surface area contributed by atoms with Crippen LogP contribution in [0.2, 0.25) is 0 Å². The van der Waals surface area contributed by atoms with Crippen molar-refractivity contribution in [3.63, 3.8) is 0 Å². The smallest absolute Gasteiger partial charge is 0.225 e. The quantitative estimate of drug-likeness (QED) is 0.0545. The van der Waals surface area contributed by atoms with Crippen LogP contribution in [0, 0.1) is 116 Å². The van der Waals surface area contributed by atoms with Gasteiger partial charge in [0, 0.05) is 5.56 Å². The Balaban J connectivity index is 2.08. The van der Waals surface area contributed by atoms with Gasteiger partial charge in [0.1, 0.15) is 23.3 Å². The van der Waals surface area contributed by atoms with Gasteiger partial charge in [-0.2, -0.15) is 17.6 Å². The van der Waals surface area contributed by atoms with E-state index in [9.17, 15) is 17.6 Å². The maximum Gasteiger partial charge on any atom is 0.225 e. The Morgan fingerprint density at radius 2 is 0.667 bits per heavy atom. The van der Waals surface area contributed by atoms with Gasteiger partial charge in [-0.25, -0.2) is 70.2 Å². The van der Waals surface area contributed by atoms with E-state index >= 15 is 70.2 Å². The molecule has 0 aliphatic carbocycles. The summed E-state index contributed by atoms with van der Waals surface area (Å²) < 4.78 is 315. The molecule has 1 saturated heterocycles. The van der Waals surface area contributed by atoms with Gasteiger partial charge in [0.15, 0.2) is 51.4 Å². The summed E-state index contributed by atoms with van der Waals surface area (Å²) in [7, 11) is -6.74. The van der Waals surface area contributed by atoms with Crippen molar-refractivity contribution < 1.29 is 92.5 Å². The average molecular weight is 858 g/mol. The summed E-state index contributed by atoms with van der Waals surface area (Å²) in [6, 6.07) is 3.87. The molecule has 2 unspecified atom stereocenters. The predicted molar refractivity (Wildman–Crippen MR) is 160 cm³/mol. The summed E-state index contributed by atoms with van der Waals surface area (Å²) >= 11 is 0. The minimum absolute atomic E-state index is 0.489. The minimum Gasteiger partial charge on any atom is -0.544 e. The molecule has 2 atom stereocenters. The van der Waals surface area contributed by atoms with E-state index in [0.717, 1.165) is 18.2 Å². The fourth-order valence-corrected chi connectivity index (χ4v) is 13.7. The van der Waals surface area contributed by atoms with Gasteiger partial charge in [0.05, 0.1) is 7.26 Å². The normalized spacial score (nSPS) is 17.5. The van der Waals surface area contributed by atoms with Crippen molar-refractivity contribution in [2.45, 2.75) is 24.7 Å². The first-order valence-electron chi connectivity index (χ1n) is 15.4. The summed E-state index contributed by atoms with van der Waals surface area (Å²) in [6.07, 6.45) is -7.69. The highest BCUT2D eigenvalue weighted by Crippen LogP contribution is 2.79. The van der Waals surface area contributed by atoms with Crippen LogP contribution in [0.15, 0.2) is 30.3 Å². The van der Waals surface area contributed by atoms with Gasteiger partial charge in [-0.3, -0.25) is 0 Å². The molecule has 1 aliphatic heterocycles. The summed E-state index contributed by atoms with van der Waals surface area (Å²) in [5, 5.41) is -5.36. The molecule has 0 saturated carbocycles. The molecule has 0 N–H and O–H groups in total. The fraction of sp³-hybridized carbons (Fsp3) is 0.118. The monoisotopic (exact) mass is 858 g/mol. The highest BCUT2D eigenvalue weighted by atomic mass is 31.2. The van der Waals surface area contributed by atoms with E-state index in [-0.39, 0.29) is 0 Å². The van der Waals surface area contributed by atoms with Crippen LogP contribution in [-0.2, 0) is 4.65 Å². The van der Waals surface area contributed by atoms with Crippen molar-refractivity contribution in [1.29, 1.82) is 0 Å². The van der Waals surface area contributed by atoms with Crippen molar-refractivity contribution in [3.05, 3.63) is 152 Å². The van der Waals surface area contributed by atoms with Crippen molar-refractivity contribution in [2.75, 3.05) is 0 Å². The van der Waals surface area contributed by atoms with Crippen LogP contribution >= 0.6 is 7.26 Å². The zero-order valence-corrected chi connectivity index (χ0v) is 28.1. The van der Waals surface area contributed by atoms with E-state index in [2.05, 4.69) is 0 Å². The van der Waals surface area contributed by atoms with Gasteiger partial charge in [0.2, 0.25) is 64.5 Å². The Kier molecular flexibility index (Phi) is 10.4. The van der Waals surface area contributed by atoms with E-state index in [0.29, 0.717) is 19.1 Å². The first-order valence-corrected chi connectivity index (χ1v) is 17.4. The largest absolute Gasteiger partial charge is 0.544 e. The zero-order valence-electron chi connectivity index (χ0n) is 27.2. The van der Waals surface area contributed by atoms with Crippen molar-refractivity contribution in [3.8, 4) is 0 Å². The van der Waals surface area contributed by atoms with E-state index in [1.54, 1.807) is 0 Å². The standard InChI is InChI=1S/C34H12BF20OP/c1-2-9-35(10-12(36)16(40)20(44)17(41)13(10)37,11-14(38)18(42)21(45)19(43)15(11)39)56-34(8-6-4-3-5-7-8)57(9,32-28(52)24(48)22(46)25(49)29(32)53)33-30(54)26(50)23(47)27(51)31(33)55/h3-7,9,34H,2H2,1H3. The maximum absolute atomic E-state index is 16.4. The molecule has 57 heavy (non-hydrogen) atoms. The molecule has 1 nitrogen and oxygen atoms in total. The van der Waals surface area contributed by atoms with Crippen molar-refractivity contribution in [2.24, 2.45) is 0 Å². The number of hydrogen-bond acceptors (Lipinski definition) is 1. The average Bonchev–Trinajstić information content (AvgIpc) is 3.48. The number of halogens is 20. The molecular formula is C34H12BF20OP. The molecule has 0 radical (unpaired) electrons. The SMILES string of the molecule is CCC1[B-](c2c(F)c(F)c(F)c(F)c2F)(c2c(F)c(F)c(F)c(F)c2F)OC(c2ccccc2)[P+]1(c1c(F)c(F)c(F)c(F)c1F)c1c(F)c(F)c(F)c(F)c1F. The van der Waals surface area contributed by atoms with Gasteiger partial charge in [-0.05, 0) is 12.0 Å². The molecule has 0 aromatic heterocycles. The second kappa shape index (κ2) is 14.2. The van der Waals surface area contributed by atoms with Crippen LogP contribution in [0.4, 0.5) is 87.8 Å². The molecule has 1 aliphatic rings. The third-order valence-corrected chi connectivity index (χ3v) is 15.0. The van der Waals surface area contributed by atoms with Crippen LogP contribution in [0.5, 0.6) is 0 Å². The summed E-state index contributed by atoms with van der Waals surface area (Å²) in [5.74, 6) is -66.6. The second-order valence-corrected chi connectivity index (χ2v) is 15.9. The molecule has 0 spiro atoms. The lowest BCUT2D eigenvalue weighted by atomic mass is 9.28. The first-order chi connectivity index (χ1) is 26.6. The van der Waals surface area contributed by atoms with Gasteiger partial charge >= 0.3 is 0 Å². The van der Waals surface area contributed by atoms with Crippen molar-refractivity contribution in [1.82, 2.24) is 0 Å². The third kappa shape index (κ3) is 5.34. The molecule has 23 heteroatoms. The van der Waals surface area contributed by atoms with Crippen LogP contribution in [0.3, 0.4) is 0 Å². The van der Waals surface area contributed by atoms with Crippen LogP contribution in [0.1, 0.15) is 24.8 Å². The highest BCUT2D eigenvalue weighted by molar-refractivity contribution is 7.93. The molecule has 302 valence electrons. The van der Waals surface area contributed by atoms with Gasteiger partial charge in [0.25, 0.3) is 0 Å². The highest BCUT2D eigenvalue weighted by Gasteiger charge is 2.74. The molecule has 1 heterocycles. The summed E-state index contributed by atoms with van der Waals surface area (Å²) in [5.41, 5.74) is -10.2.